The van der Waals surface area contributed by atoms with Crippen LogP contribution in [-0.4, -0.2) is 38.0 Å². The average molecular weight is 266 g/mol. The molecule has 2 aliphatic rings. The number of hydrogen-bond acceptors (Lipinski definition) is 3. The molecule has 2 aliphatic heterocycles. The minimum Gasteiger partial charge on any atom is -0.332 e. The first-order chi connectivity index (χ1) is 8.46. The molecule has 2 fully saturated rings. The van der Waals surface area contributed by atoms with Gasteiger partial charge in [0.2, 0.25) is 0 Å². The Morgan fingerprint density at radius 3 is 2.83 bits per heavy atom. The molecular formula is C12H14N2O3S. The summed E-state index contributed by atoms with van der Waals surface area (Å²) in [6.45, 7) is 1.94. The lowest BCUT2D eigenvalue weighted by Gasteiger charge is -2.21. The second-order valence-corrected chi connectivity index (χ2v) is 7.06. The molecule has 1 aromatic rings. The molecule has 6 heteroatoms. The first-order valence-corrected chi connectivity index (χ1v) is 7.65. The molecule has 1 N–H and O–H groups in total. The molecule has 0 aliphatic carbocycles. The molecule has 0 spiro atoms. The van der Waals surface area contributed by atoms with E-state index in [0.29, 0.717) is 0 Å². The van der Waals surface area contributed by atoms with Crippen LogP contribution in [0.1, 0.15) is 5.56 Å². The number of nitrogens with zero attached hydrogens (tertiary/aromatic N) is 1. The van der Waals surface area contributed by atoms with Gasteiger partial charge in [-0.2, -0.15) is 0 Å². The molecule has 18 heavy (non-hydrogen) atoms. The van der Waals surface area contributed by atoms with Gasteiger partial charge in [0.05, 0.1) is 23.6 Å². The molecule has 0 radical (unpaired) electrons. The predicted molar refractivity (Wildman–Crippen MR) is 68.4 cm³/mol. The minimum absolute atomic E-state index is 0.0460. The Kier molecular flexibility index (Phi) is 2.38. The second kappa shape index (κ2) is 3.71. The molecule has 2 atom stereocenters. The van der Waals surface area contributed by atoms with Crippen molar-refractivity contribution in [3.8, 4) is 0 Å². The molecule has 1 aromatic carbocycles. The molecule has 0 aromatic heterocycles. The van der Waals surface area contributed by atoms with Crippen molar-refractivity contribution in [2.24, 2.45) is 0 Å². The number of carbonyl (C=O) groups excluding carboxylic acids is 1. The smallest absolute Gasteiger partial charge is 0.322 e. The fourth-order valence-electron chi connectivity index (χ4n) is 2.69. The highest BCUT2D eigenvalue weighted by atomic mass is 32.2. The van der Waals surface area contributed by atoms with Crippen molar-refractivity contribution in [2.45, 2.75) is 19.0 Å². The molecule has 0 unspecified atom stereocenters. The monoisotopic (exact) mass is 266 g/mol. The van der Waals surface area contributed by atoms with Gasteiger partial charge in [-0.3, -0.25) is 4.90 Å². The van der Waals surface area contributed by atoms with Crippen LogP contribution in [0, 0.1) is 6.92 Å². The zero-order valence-corrected chi connectivity index (χ0v) is 10.8. The molecule has 0 bridgehead atoms. The van der Waals surface area contributed by atoms with Crippen LogP contribution in [0.4, 0.5) is 10.5 Å². The number of amides is 2. The summed E-state index contributed by atoms with van der Waals surface area (Å²) in [4.78, 5) is 13.5. The summed E-state index contributed by atoms with van der Waals surface area (Å²) in [5.74, 6) is 0.0933. The van der Waals surface area contributed by atoms with E-state index < -0.39 is 9.84 Å². The number of anilines is 1. The summed E-state index contributed by atoms with van der Waals surface area (Å²) in [6, 6.07) is 6.79. The zero-order chi connectivity index (χ0) is 12.9. The SMILES string of the molecule is Cc1cccc(N2C(=O)N[C@H]3CS(=O)(=O)C[C@H]32)c1. The number of sulfone groups is 1. The Morgan fingerprint density at radius 1 is 1.33 bits per heavy atom. The van der Waals surface area contributed by atoms with Gasteiger partial charge in [-0.1, -0.05) is 12.1 Å². The number of carbonyl (C=O) groups is 1. The van der Waals surface area contributed by atoms with Gasteiger partial charge in [0.15, 0.2) is 9.84 Å². The maximum Gasteiger partial charge on any atom is 0.322 e. The number of fused-ring (bicyclic) bond motifs is 1. The molecule has 5 nitrogen and oxygen atoms in total. The van der Waals surface area contributed by atoms with E-state index in [4.69, 9.17) is 0 Å². The standard InChI is InChI=1S/C12H14N2O3S/c1-8-3-2-4-9(5-8)14-11-7-18(16,17)6-10(11)13-12(14)15/h2-5,10-11H,6-7H2,1H3,(H,13,15)/t10-,11+/m0/s1. The van der Waals surface area contributed by atoms with Crippen molar-refractivity contribution in [1.82, 2.24) is 5.32 Å². The van der Waals surface area contributed by atoms with Gasteiger partial charge in [-0.15, -0.1) is 0 Å². The highest BCUT2D eigenvalue weighted by Gasteiger charge is 2.49. The Labute approximate surface area is 106 Å². The third kappa shape index (κ3) is 1.77. The quantitative estimate of drug-likeness (QED) is 0.761. The van der Waals surface area contributed by atoms with Crippen molar-refractivity contribution in [1.29, 1.82) is 0 Å². The normalized spacial score (nSPS) is 29.2. The van der Waals surface area contributed by atoms with Crippen LogP contribution in [0.2, 0.25) is 0 Å². The summed E-state index contributed by atoms with van der Waals surface area (Å²) in [5, 5.41) is 2.75. The maximum atomic E-state index is 11.9. The third-order valence-corrected chi connectivity index (χ3v) is 5.18. The van der Waals surface area contributed by atoms with E-state index in [9.17, 15) is 13.2 Å². The summed E-state index contributed by atoms with van der Waals surface area (Å²) in [6.07, 6.45) is 0. The van der Waals surface area contributed by atoms with Gasteiger partial charge < -0.3 is 5.32 Å². The van der Waals surface area contributed by atoms with Gasteiger partial charge in [0, 0.05) is 5.69 Å². The van der Waals surface area contributed by atoms with E-state index in [-0.39, 0.29) is 29.6 Å². The summed E-state index contributed by atoms with van der Waals surface area (Å²) in [7, 11) is -3.04. The topological polar surface area (TPSA) is 66.5 Å². The maximum absolute atomic E-state index is 11.9. The number of aryl methyl sites for hydroxylation is 1. The van der Waals surface area contributed by atoms with E-state index >= 15 is 0 Å². The lowest BCUT2D eigenvalue weighted by atomic mass is 10.1. The van der Waals surface area contributed by atoms with E-state index in [1.165, 1.54) is 0 Å². The van der Waals surface area contributed by atoms with E-state index in [1.54, 1.807) is 4.90 Å². The van der Waals surface area contributed by atoms with Gasteiger partial charge in [0.1, 0.15) is 0 Å². The van der Waals surface area contributed by atoms with E-state index in [0.717, 1.165) is 11.3 Å². The highest BCUT2D eigenvalue weighted by molar-refractivity contribution is 7.91. The van der Waals surface area contributed by atoms with Crippen LogP contribution >= 0.6 is 0 Å². The van der Waals surface area contributed by atoms with Gasteiger partial charge in [0.25, 0.3) is 0 Å². The average Bonchev–Trinajstić information content (AvgIpc) is 2.68. The summed E-state index contributed by atoms with van der Waals surface area (Å²) >= 11 is 0. The Bertz CT molecular complexity index is 612. The second-order valence-electron chi connectivity index (χ2n) is 4.91. The van der Waals surface area contributed by atoms with Crippen LogP contribution in [0.25, 0.3) is 0 Å². The molecule has 96 valence electrons. The predicted octanol–water partition coefficient (Wildman–Crippen LogP) is 0.690. The van der Waals surface area contributed by atoms with Crippen molar-refractivity contribution >= 4 is 21.6 Å². The van der Waals surface area contributed by atoms with Crippen molar-refractivity contribution in [2.75, 3.05) is 16.4 Å². The number of rotatable bonds is 1. The third-order valence-electron chi connectivity index (χ3n) is 3.46. The number of hydrogen-bond donors (Lipinski definition) is 1. The van der Waals surface area contributed by atoms with Gasteiger partial charge >= 0.3 is 6.03 Å². The van der Waals surface area contributed by atoms with Gasteiger partial charge in [-0.25, -0.2) is 13.2 Å². The number of benzene rings is 1. The molecular weight excluding hydrogens is 252 g/mol. The zero-order valence-electron chi connectivity index (χ0n) is 9.96. The van der Waals surface area contributed by atoms with Crippen LogP contribution < -0.4 is 10.2 Å². The van der Waals surface area contributed by atoms with Crippen molar-refractivity contribution in [3.63, 3.8) is 0 Å². The molecule has 0 saturated carbocycles. The van der Waals surface area contributed by atoms with E-state index in [2.05, 4.69) is 5.32 Å². The highest BCUT2D eigenvalue weighted by Crippen LogP contribution is 2.29. The summed E-state index contributed by atoms with van der Waals surface area (Å²) < 4.78 is 23.2. The van der Waals surface area contributed by atoms with Crippen LogP contribution in [0.3, 0.4) is 0 Å². The summed E-state index contributed by atoms with van der Waals surface area (Å²) in [5.41, 5.74) is 1.81. The molecule has 3 rings (SSSR count). The number of urea groups is 1. The van der Waals surface area contributed by atoms with Crippen LogP contribution in [-0.2, 0) is 9.84 Å². The Morgan fingerprint density at radius 2 is 2.11 bits per heavy atom. The first-order valence-electron chi connectivity index (χ1n) is 5.83. The van der Waals surface area contributed by atoms with Gasteiger partial charge in [-0.05, 0) is 24.6 Å². The minimum atomic E-state index is -3.04. The van der Waals surface area contributed by atoms with Crippen molar-refractivity contribution in [3.05, 3.63) is 29.8 Å². The first kappa shape index (κ1) is 11.5. The molecule has 2 saturated heterocycles. The lowest BCUT2D eigenvalue weighted by Crippen LogP contribution is -2.36. The fourth-order valence-corrected chi connectivity index (χ4v) is 4.58. The molecule has 2 amide bonds. The largest absolute Gasteiger partial charge is 0.332 e. The van der Waals surface area contributed by atoms with Crippen molar-refractivity contribution < 1.29 is 13.2 Å². The van der Waals surface area contributed by atoms with Crippen LogP contribution in [0.15, 0.2) is 24.3 Å². The fraction of sp³-hybridized carbons (Fsp3) is 0.417. The van der Waals surface area contributed by atoms with Crippen LogP contribution in [0.5, 0.6) is 0 Å². The molecule has 2 heterocycles. The number of nitrogens with one attached hydrogen (secondary N) is 1. The lowest BCUT2D eigenvalue weighted by molar-refractivity contribution is 0.251. The van der Waals surface area contributed by atoms with E-state index in [1.807, 2.05) is 31.2 Å². The Hall–Kier alpha value is -1.56. The Balaban J connectivity index is 1.99.